The fourth-order valence-corrected chi connectivity index (χ4v) is 4.15. The summed E-state index contributed by atoms with van der Waals surface area (Å²) in [6.45, 7) is 5.85. The van der Waals surface area contributed by atoms with Gasteiger partial charge in [0.25, 0.3) is 0 Å². The van der Waals surface area contributed by atoms with Crippen molar-refractivity contribution in [3.05, 3.63) is 52.0 Å². The molecule has 27 heavy (non-hydrogen) atoms. The summed E-state index contributed by atoms with van der Waals surface area (Å²) in [6.07, 6.45) is 0. The van der Waals surface area contributed by atoms with Crippen molar-refractivity contribution in [2.75, 3.05) is 26.4 Å². The molecular weight excluding hydrogens is 401 g/mol. The van der Waals surface area contributed by atoms with E-state index >= 15 is 0 Å². The Kier molecular flexibility index (Phi) is 11.4. The molecule has 0 N–H and O–H groups in total. The molecule has 4 nitrogen and oxygen atoms in total. The van der Waals surface area contributed by atoms with E-state index in [1.807, 2.05) is 38.1 Å². The van der Waals surface area contributed by atoms with E-state index in [0.717, 1.165) is 5.30 Å². The zero-order valence-electron chi connectivity index (χ0n) is 14.7. The molecule has 1 atom stereocenters. The van der Waals surface area contributed by atoms with Gasteiger partial charge in [-0.25, -0.2) is 0 Å². The quantitative estimate of drug-likeness (QED) is 0.325. The van der Waals surface area contributed by atoms with Gasteiger partial charge in [0, 0.05) is 11.9 Å². The van der Waals surface area contributed by atoms with Crippen LogP contribution < -0.4 is 14.8 Å². The number of rotatable bonds is 10. The molecule has 2 rings (SSSR count). The van der Waals surface area contributed by atoms with Gasteiger partial charge in [0.2, 0.25) is 0 Å². The normalized spacial score (nSPS) is 10.7. The first kappa shape index (κ1) is 24.3. The van der Waals surface area contributed by atoms with Crippen molar-refractivity contribution in [2.24, 2.45) is 0 Å². The van der Waals surface area contributed by atoms with Crippen molar-refractivity contribution in [2.45, 2.75) is 13.8 Å². The van der Waals surface area contributed by atoms with Gasteiger partial charge in [0.15, 0.2) is 5.52 Å². The van der Waals surface area contributed by atoms with E-state index in [2.05, 4.69) is 0 Å². The third-order valence-corrected chi connectivity index (χ3v) is 5.13. The molecule has 0 aliphatic heterocycles. The van der Waals surface area contributed by atoms with E-state index < -0.39 is 0 Å². The summed E-state index contributed by atoms with van der Waals surface area (Å²) in [5.41, 5.74) is 0.156. The van der Waals surface area contributed by atoms with E-state index in [1.54, 1.807) is 12.1 Å². The van der Waals surface area contributed by atoms with Crippen LogP contribution in [0.2, 0.25) is 10.0 Å². The van der Waals surface area contributed by atoms with Crippen LogP contribution in [0, 0.1) is 0 Å². The number of hydrogen-bond donors (Lipinski definition) is 0. The number of para-hydroxylation sites is 1. The summed E-state index contributed by atoms with van der Waals surface area (Å²) in [4.78, 5) is 12.8. The molecule has 0 heterocycles. The molecule has 0 saturated carbocycles. The van der Waals surface area contributed by atoms with Crippen molar-refractivity contribution in [1.29, 1.82) is 0 Å². The van der Waals surface area contributed by atoms with Crippen LogP contribution in [0.15, 0.2) is 36.4 Å². The molecule has 0 spiro atoms. The standard InChI is InChI=1S/C19H21Cl2O4P.Li.H/c1-3-23-9-10-25-16-7-5-6-8-17(16)26-19(22)18-14(20)11-13(24-4-2)12-15(18)21;;/h5-8,11-12,26H,3-4,9-10H2,1-2H3;;. The van der Waals surface area contributed by atoms with E-state index in [0.29, 0.717) is 43.5 Å². The first-order chi connectivity index (χ1) is 12.6. The molecule has 0 amide bonds. The Bertz CT molecular complexity index is 735. The summed E-state index contributed by atoms with van der Waals surface area (Å²) in [7, 11) is -0.157. The minimum absolute atomic E-state index is 0. The van der Waals surface area contributed by atoms with Crippen molar-refractivity contribution < 1.29 is 19.0 Å². The maximum absolute atomic E-state index is 12.8. The molecule has 0 bridgehead atoms. The molecule has 0 saturated heterocycles. The van der Waals surface area contributed by atoms with Crippen LogP contribution in [0.5, 0.6) is 11.5 Å². The molecule has 0 aromatic heterocycles. The Balaban J connectivity index is 0.00000364. The number of carbonyl (C=O) groups is 1. The van der Waals surface area contributed by atoms with Crippen LogP contribution in [0.25, 0.3) is 0 Å². The summed E-state index contributed by atoms with van der Waals surface area (Å²) < 4.78 is 16.4. The second-order valence-electron chi connectivity index (χ2n) is 5.19. The van der Waals surface area contributed by atoms with E-state index in [1.165, 1.54) is 0 Å². The van der Waals surface area contributed by atoms with Gasteiger partial charge in [-0.2, -0.15) is 0 Å². The number of carbonyl (C=O) groups excluding carboxylic acids is 1. The van der Waals surface area contributed by atoms with Gasteiger partial charge in [-0.05, 0) is 40.6 Å². The number of halogens is 2. The second-order valence-corrected chi connectivity index (χ2v) is 7.25. The van der Waals surface area contributed by atoms with E-state index in [-0.39, 0.29) is 43.0 Å². The number of benzene rings is 2. The van der Waals surface area contributed by atoms with Gasteiger partial charge < -0.3 is 14.2 Å². The predicted molar refractivity (Wildman–Crippen MR) is 115 cm³/mol. The Morgan fingerprint density at radius 1 is 1.00 bits per heavy atom. The zero-order chi connectivity index (χ0) is 18.9. The fourth-order valence-electron chi connectivity index (χ4n) is 2.25. The van der Waals surface area contributed by atoms with Crippen LogP contribution in [0.4, 0.5) is 0 Å². The first-order valence-electron chi connectivity index (χ1n) is 8.29. The summed E-state index contributed by atoms with van der Waals surface area (Å²) in [5, 5.41) is 1.37. The number of hydrogen-bond acceptors (Lipinski definition) is 4. The van der Waals surface area contributed by atoms with Crippen LogP contribution in [0.1, 0.15) is 24.2 Å². The van der Waals surface area contributed by atoms with Crippen LogP contribution in [-0.2, 0) is 4.74 Å². The molecule has 2 aromatic carbocycles. The molecule has 1 unspecified atom stereocenters. The Hall–Kier alpha value is -0.723. The molecule has 0 aliphatic carbocycles. The Labute approximate surface area is 183 Å². The number of ether oxygens (including phenoxy) is 3. The minimum atomic E-state index is -0.157. The van der Waals surface area contributed by atoms with Crippen LogP contribution >= 0.6 is 31.8 Å². The van der Waals surface area contributed by atoms with Crippen LogP contribution in [0.3, 0.4) is 0 Å². The fraction of sp³-hybridized carbons (Fsp3) is 0.316. The van der Waals surface area contributed by atoms with Gasteiger partial charge in [0.1, 0.15) is 18.1 Å². The van der Waals surface area contributed by atoms with Crippen molar-refractivity contribution in [1.82, 2.24) is 0 Å². The van der Waals surface area contributed by atoms with Crippen molar-refractivity contribution in [3.63, 3.8) is 0 Å². The van der Waals surface area contributed by atoms with Gasteiger partial charge in [-0.15, -0.1) is 0 Å². The third kappa shape index (κ3) is 7.31. The zero-order valence-corrected chi connectivity index (χ0v) is 17.2. The molecule has 0 aliphatic rings. The average Bonchev–Trinajstić information content (AvgIpc) is 2.59. The molecule has 0 fully saturated rings. The third-order valence-electron chi connectivity index (χ3n) is 3.38. The van der Waals surface area contributed by atoms with Crippen molar-refractivity contribution in [3.8, 4) is 11.5 Å². The SMILES string of the molecule is CCOCCOc1ccccc1PC(=O)c1c(Cl)cc(OCC)cc1Cl.[LiH]. The first-order valence-corrected chi connectivity index (χ1v) is 10.0. The van der Waals surface area contributed by atoms with E-state index in [4.69, 9.17) is 37.4 Å². The molecular formula is C19H22Cl2LiO4P. The van der Waals surface area contributed by atoms with Gasteiger partial charge in [0.05, 0.1) is 28.8 Å². The topological polar surface area (TPSA) is 44.8 Å². The molecule has 8 heteroatoms. The predicted octanol–water partition coefficient (Wildman–Crippen LogP) is 4.30. The molecule has 142 valence electrons. The summed E-state index contributed by atoms with van der Waals surface area (Å²) >= 11 is 12.5. The van der Waals surface area contributed by atoms with Gasteiger partial charge >= 0.3 is 18.9 Å². The summed E-state index contributed by atoms with van der Waals surface area (Å²) in [5.74, 6) is 1.21. The monoisotopic (exact) mass is 422 g/mol. The van der Waals surface area contributed by atoms with Crippen LogP contribution in [-0.4, -0.2) is 50.8 Å². The van der Waals surface area contributed by atoms with Gasteiger partial charge in [-0.3, -0.25) is 4.79 Å². The van der Waals surface area contributed by atoms with Gasteiger partial charge in [-0.1, -0.05) is 41.4 Å². The summed E-state index contributed by atoms with van der Waals surface area (Å²) in [6, 6.07) is 10.7. The molecule has 2 aromatic rings. The van der Waals surface area contributed by atoms with Crippen molar-refractivity contribution >= 4 is 61.5 Å². The second kappa shape index (κ2) is 12.7. The average molecular weight is 423 g/mol. The maximum atomic E-state index is 12.8. The Morgan fingerprint density at radius 2 is 1.67 bits per heavy atom. The Morgan fingerprint density at radius 3 is 2.30 bits per heavy atom. The van der Waals surface area contributed by atoms with E-state index in [9.17, 15) is 4.79 Å². The molecule has 0 radical (unpaired) electrons.